The Morgan fingerprint density at radius 2 is 2.16 bits per heavy atom. The number of hydrogen-bond acceptors (Lipinski definition) is 5. The predicted octanol–water partition coefficient (Wildman–Crippen LogP) is 1.82. The number of hydrogen-bond donors (Lipinski definition) is 1. The Balaban J connectivity index is 2.49. The molecule has 1 aromatic heterocycles. The molecule has 0 aliphatic rings. The molecule has 0 fully saturated rings. The summed E-state index contributed by atoms with van der Waals surface area (Å²) in [6.45, 7) is 10.2. The van der Waals surface area contributed by atoms with Crippen LogP contribution in [-0.4, -0.2) is 37.9 Å². The molecule has 108 valence electrons. The summed E-state index contributed by atoms with van der Waals surface area (Å²) >= 11 is 1.36. The molecule has 1 unspecified atom stereocenters. The SMILES string of the molecule is CCCC(C)NC(=O)CSc1nnnn1C(C)(C)C. The quantitative estimate of drug-likeness (QED) is 0.807. The summed E-state index contributed by atoms with van der Waals surface area (Å²) in [6.07, 6.45) is 2.06. The molecule has 1 N–H and O–H groups in total. The van der Waals surface area contributed by atoms with E-state index in [4.69, 9.17) is 0 Å². The van der Waals surface area contributed by atoms with Gasteiger partial charge in [-0.1, -0.05) is 25.1 Å². The largest absolute Gasteiger partial charge is 0.353 e. The number of nitrogens with zero attached hydrogens (tertiary/aromatic N) is 4. The fourth-order valence-corrected chi connectivity index (χ4v) is 2.51. The molecule has 7 heteroatoms. The van der Waals surface area contributed by atoms with Crippen LogP contribution in [0.2, 0.25) is 0 Å². The first kappa shape index (κ1) is 15.9. The van der Waals surface area contributed by atoms with Crippen molar-refractivity contribution in [3.05, 3.63) is 0 Å². The number of aromatic nitrogens is 4. The molecule has 0 spiro atoms. The fraction of sp³-hybridized carbons (Fsp3) is 0.833. The van der Waals surface area contributed by atoms with E-state index in [1.54, 1.807) is 4.68 Å². The van der Waals surface area contributed by atoms with Gasteiger partial charge in [-0.3, -0.25) is 4.79 Å². The number of carbonyl (C=O) groups excluding carboxylic acids is 1. The summed E-state index contributed by atoms with van der Waals surface area (Å²) in [5, 5.41) is 15.2. The van der Waals surface area contributed by atoms with Crippen LogP contribution < -0.4 is 5.32 Å². The maximum absolute atomic E-state index is 11.8. The van der Waals surface area contributed by atoms with Crippen molar-refractivity contribution in [1.29, 1.82) is 0 Å². The van der Waals surface area contributed by atoms with Gasteiger partial charge in [-0.05, 0) is 44.5 Å². The van der Waals surface area contributed by atoms with Gasteiger partial charge in [-0.25, -0.2) is 4.68 Å². The Labute approximate surface area is 118 Å². The third-order valence-corrected chi connectivity index (χ3v) is 3.46. The standard InChI is InChI=1S/C12H23N5OS/c1-6-7-9(2)13-10(18)8-19-11-14-15-16-17(11)12(3,4)5/h9H,6-8H2,1-5H3,(H,13,18). The van der Waals surface area contributed by atoms with Crippen molar-refractivity contribution in [2.24, 2.45) is 0 Å². The lowest BCUT2D eigenvalue weighted by molar-refractivity contribution is -0.119. The zero-order chi connectivity index (χ0) is 14.5. The summed E-state index contributed by atoms with van der Waals surface area (Å²) in [5.74, 6) is 0.360. The Kier molecular flexibility index (Phi) is 5.78. The van der Waals surface area contributed by atoms with Gasteiger partial charge < -0.3 is 5.32 Å². The zero-order valence-electron chi connectivity index (χ0n) is 12.3. The topological polar surface area (TPSA) is 72.7 Å². The number of rotatable bonds is 6. The van der Waals surface area contributed by atoms with Gasteiger partial charge in [0.05, 0.1) is 11.3 Å². The average molecular weight is 285 g/mol. The molecule has 0 saturated heterocycles. The maximum Gasteiger partial charge on any atom is 0.230 e. The lowest BCUT2D eigenvalue weighted by atomic mass is 10.1. The van der Waals surface area contributed by atoms with Crippen LogP contribution in [0, 0.1) is 0 Å². The molecular weight excluding hydrogens is 262 g/mol. The van der Waals surface area contributed by atoms with Gasteiger partial charge in [0.1, 0.15) is 0 Å². The Morgan fingerprint density at radius 3 is 2.74 bits per heavy atom. The molecule has 0 radical (unpaired) electrons. The van der Waals surface area contributed by atoms with E-state index in [9.17, 15) is 4.79 Å². The molecular formula is C12H23N5OS. The van der Waals surface area contributed by atoms with Gasteiger partial charge in [0.25, 0.3) is 0 Å². The average Bonchev–Trinajstić information content (AvgIpc) is 2.74. The van der Waals surface area contributed by atoms with Crippen LogP contribution in [0.15, 0.2) is 5.16 Å². The van der Waals surface area contributed by atoms with Crippen LogP contribution >= 0.6 is 11.8 Å². The van der Waals surface area contributed by atoms with Crippen LogP contribution in [0.4, 0.5) is 0 Å². The minimum Gasteiger partial charge on any atom is -0.353 e. The highest BCUT2D eigenvalue weighted by Crippen LogP contribution is 2.21. The van der Waals surface area contributed by atoms with Gasteiger partial charge >= 0.3 is 0 Å². The monoisotopic (exact) mass is 285 g/mol. The van der Waals surface area contributed by atoms with E-state index in [1.165, 1.54) is 11.8 Å². The van der Waals surface area contributed by atoms with Crippen molar-refractivity contribution in [1.82, 2.24) is 25.5 Å². The summed E-state index contributed by atoms with van der Waals surface area (Å²) in [5.41, 5.74) is -0.183. The van der Waals surface area contributed by atoms with E-state index in [0.717, 1.165) is 12.8 Å². The van der Waals surface area contributed by atoms with Crippen molar-refractivity contribution >= 4 is 17.7 Å². The number of nitrogens with one attached hydrogen (secondary N) is 1. The first-order chi connectivity index (χ1) is 8.84. The lowest BCUT2D eigenvalue weighted by Gasteiger charge is -2.19. The number of amides is 1. The smallest absolute Gasteiger partial charge is 0.230 e. The van der Waals surface area contributed by atoms with Crippen molar-refractivity contribution in [3.8, 4) is 0 Å². The van der Waals surface area contributed by atoms with Gasteiger partial charge in [-0.2, -0.15) is 0 Å². The van der Waals surface area contributed by atoms with E-state index >= 15 is 0 Å². The molecule has 0 aliphatic heterocycles. The highest BCUT2D eigenvalue weighted by molar-refractivity contribution is 7.99. The van der Waals surface area contributed by atoms with E-state index in [0.29, 0.717) is 10.9 Å². The fourth-order valence-electron chi connectivity index (χ4n) is 1.64. The minimum atomic E-state index is -0.183. The van der Waals surface area contributed by atoms with E-state index in [2.05, 4.69) is 27.8 Å². The highest BCUT2D eigenvalue weighted by Gasteiger charge is 2.20. The van der Waals surface area contributed by atoms with E-state index in [1.807, 2.05) is 27.7 Å². The second-order valence-electron chi connectivity index (χ2n) is 5.59. The van der Waals surface area contributed by atoms with Crippen molar-refractivity contribution in [2.75, 3.05) is 5.75 Å². The summed E-state index contributed by atoms with van der Waals surface area (Å²) in [6, 6.07) is 0.219. The zero-order valence-corrected chi connectivity index (χ0v) is 13.1. The molecule has 1 amide bonds. The molecule has 1 atom stereocenters. The number of tetrazole rings is 1. The summed E-state index contributed by atoms with van der Waals surface area (Å²) in [7, 11) is 0. The summed E-state index contributed by atoms with van der Waals surface area (Å²) in [4.78, 5) is 11.8. The molecule has 0 saturated carbocycles. The molecule has 19 heavy (non-hydrogen) atoms. The Bertz CT molecular complexity index is 412. The van der Waals surface area contributed by atoms with Crippen LogP contribution in [0.25, 0.3) is 0 Å². The molecule has 1 heterocycles. The number of thioether (sulfide) groups is 1. The highest BCUT2D eigenvalue weighted by atomic mass is 32.2. The lowest BCUT2D eigenvalue weighted by Crippen LogP contribution is -2.33. The maximum atomic E-state index is 11.8. The molecule has 1 aromatic rings. The second kappa shape index (κ2) is 6.88. The van der Waals surface area contributed by atoms with Crippen LogP contribution in [-0.2, 0) is 10.3 Å². The van der Waals surface area contributed by atoms with Gasteiger partial charge in [-0.15, -0.1) is 5.10 Å². The third kappa shape index (κ3) is 5.18. The van der Waals surface area contributed by atoms with E-state index in [-0.39, 0.29) is 17.5 Å². The predicted molar refractivity (Wildman–Crippen MR) is 76.0 cm³/mol. The molecule has 0 aliphatic carbocycles. The van der Waals surface area contributed by atoms with Crippen LogP contribution in [0.3, 0.4) is 0 Å². The number of carbonyl (C=O) groups is 1. The van der Waals surface area contributed by atoms with Crippen molar-refractivity contribution in [2.45, 2.75) is 64.2 Å². The van der Waals surface area contributed by atoms with Crippen LogP contribution in [0.1, 0.15) is 47.5 Å². The molecule has 0 bridgehead atoms. The Morgan fingerprint density at radius 1 is 1.47 bits per heavy atom. The first-order valence-corrected chi connectivity index (χ1v) is 7.54. The second-order valence-corrected chi connectivity index (χ2v) is 6.53. The van der Waals surface area contributed by atoms with Gasteiger partial charge in [0.15, 0.2) is 0 Å². The minimum absolute atomic E-state index is 0.0226. The normalized spacial score (nSPS) is 13.3. The van der Waals surface area contributed by atoms with Crippen LogP contribution in [0.5, 0.6) is 0 Å². The van der Waals surface area contributed by atoms with Gasteiger partial charge in [0.2, 0.25) is 11.1 Å². The van der Waals surface area contributed by atoms with E-state index < -0.39 is 0 Å². The van der Waals surface area contributed by atoms with Crippen molar-refractivity contribution < 1.29 is 4.79 Å². The molecule has 6 nitrogen and oxygen atoms in total. The Hall–Kier alpha value is -1.11. The first-order valence-electron chi connectivity index (χ1n) is 6.55. The summed E-state index contributed by atoms with van der Waals surface area (Å²) < 4.78 is 1.74. The molecule has 1 rings (SSSR count). The molecule has 0 aromatic carbocycles. The third-order valence-electron chi connectivity index (χ3n) is 2.54. The van der Waals surface area contributed by atoms with Gasteiger partial charge in [0, 0.05) is 6.04 Å². The van der Waals surface area contributed by atoms with Crippen molar-refractivity contribution in [3.63, 3.8) is 0 Å².